The number of allylic oxidation sites excluding steroid dienone is 3. The third kappa shape index (κ3) is 4.03. The molecule has 1 heterocycles. The number of phenolic OH excluding ortho intramolecular Hbond substituents is 1. The molecule has 2 N–H and O–H groups in total. The molecule has 0 saturated carbocycles. The summed E-state index contributed by atoms with van der Waals surface area (Å²) in [5.74, 6) is -2.41. The second-order valence-corrected chi connectivity index (χ2v) is 9.70. The Bertz CT molecular complexity index is 1440. The van der Waals surface area contributed by atoms with Gasteiger partial charge in [0.15, 0.2) is 11.5 Å². The van der Waals surface area contributed by atoms with Crippen LogP contribution in [0.4, 0.5) is 10.1 Å². The Morgan fingerprint density at radius 3 is 2.53 bits per heavy atom. The number of anilines is 1. The first kappa shape index (κ1) is 25.5. The highest BCUT2D eigenvalue weighted by Crippen LogP contribution is 2.58. The number of fused-ring (bicyclic) bond motifs is 1. The van der Waals surface area contributed by atoms with Crippen LogP contribution < -0.4 is 10.2 Å². The van der Waals surface area contributed by atoms with Crippen molar-refractivity contribution in [1.29, 1.82) is 0 Å². The maximum atomic E-state index is 14.5. The molecule has 2 amide bonds. The lowest BCUT2D eigenvalue weighted by molar-refractivity contribution is -0.138. The van der Waals surface area contributed by atoms with Crippen LogP contribution in [0, 0.1) is 11.7 Å². The molecular formula is C30H26ClFN2O4. The van der Waals surface area contributed by atoms with E-state index in [1.165, 1.54) is 30.3 Å². The van der Waals surface area contributed by atoms with E-state index in [2.05, 4.69) is 12.0 Å². The third-order valence-electron chi connectivity index (χ3n) is 7.26. The van der Waals surface area contributed by atoms with Crippen LogP contribution in [0.25, 0.3) is 0 Å². The van der Waals surface area contributed by atoms with Crippen LogP contribution >= 0.6 is 11.6 Å². The van der Waals surface area contributed by atoms with Crippen LogP contribution in [0.5, 0.6) is 11.5 Å². The molecule has 0 aromatic heterocycles. The molecule has 2 aliphatic rings. The molecule has 1 aliphatic carbocycles. The van der Waals surface area contributed by atoms with E-state index >= 15 is 0 Å². The molecule has 0 spiro atoms. The zero-order valence-electron chi connectivity index (χ0n) is 20.7. The van der Waals surface area contributed by atoms with Gasteiger partial charge in [-0.3, -0.25) is 15.0 Å². The molecule has 0 unspecified atom stereocenters. The first-order valence-electron chi connectivity index (χ1n) is 12.3. The number of imide groups is 1. The van der Waals surface area contributed by atoms with E-state index in [0.29, 0.717) is 34.9 Å². The maximum Gasteiger partial charge on any atom is 0.260 e. The zero-order chi connectivity index (χ0) is 27.0. The number of hydrogen-bond acceptors (Lipinski definition) is 5. The third-order valence-corrected chi connectivity index (χ3v) is 7.51. The molecule has 1 saturated heterocycles. The molecule has 0 bridgehead atoms. The van der Waals surface area contributed by atoms with Crippen molar-refractivity contribution < 1.29 is 23.8 Å². The number of aromatic hydroxyl groups is 1. The minimum absolute atomic E-state index is 0.0268. The quantitative estimate of drug-likeness (QED) is 0.358. The summed E-state index contributed by atoms with van der Waals surface area (Å²) in [5, 5.41) is 11.9. The van der Waals surface area contributed by atoms with Gasteiger partial charge in [0.25, 0.3) is 11.8 Å². The van der Waals surface area contributed by atoms with Gasteiger partial charge in [0.1, 0.15) is 5.82 Å². The molecule has 3 atom stereocenters. The Labute approximate surface area is 225 Å². The standard InChI is InChI=1S/C30H26ClFN2O4/c1-3-18-5-15-24-28(36)34(33-23-13-11-22(32)12-14-23)29(37)30(24,20-7-9-21(31)10-8-20)27(18)19-6-16-25(35)26(17-19)38-4-2/h3,5-14,16-17,24,27,33,35H,1,4,15H2,2H3/t24-,27+,30+/m0/s1. The van der Waals surface area contributed by atoms with Gasteiger partial charge >= 0.3 is 0 Å². The zero-order valence-corrected chi connectivity index (χ0v) is 21.4. The second-order valence-electron chi connectivity index (χ2n) is 9.26. The number of nitrogens with one attached hydrogen (secondary N) is 1. The number of hydrogen-bond donors (Lipinski definition) is 2. The normalized spacial score (nSPS) is 22.6. The highest BCUT2D eigenvalue weighted by atomic mass is 35.5. The van der Waals surface area contributed by atoms with Gasteiger partial charge in [-0.25, -0.2) is 4.39 Å². The van der Waals surface area contributed by atoms with Crippen molar-refractivity contribution in [2.24, 2.45) is 5.92 Å². The number of ether oxygens (including phenoxy) is 1. The van der Waals surface area contributed by atoms with E-state index in [0.717, 1.165) is 10.6 Å². The minimum Gasteiger partial charge on any atom is -0.504 e. The molecule has 0 radical (unpaired) electrons. The molecule has 6 nitrogen and oxygen atoms in total. The predicted molar refractivity (Wildman–Crippen MR) is 143 cm³/mol. The molecule has 194 valence electrons. The van der Waals surface area contributed by atoms with Gasteiger partial charge in [-0.15, -0.1) is 0 Å². The lowest BCUT2D eigenvalue weighted by atomic mass is 9.56. The van der Waals surface area contributed by atoms with Crippen LogP contribution in [-0.4, -0.2) is 28.5 Å². The van der Waals surface area contributed by atoms with Crippen LogP contribution in [-0.2, 0) is 15.0 Å². The number of nitrogens with zero attached hydrogens (tertiary/aromatic N) is 1. The van der Waals surface area contributed by atoms with E-state index in [-0.39, 0.29) is 11.5 Å². The number of amides is 2. The van der Waals surface area contributed by atoms with Crippen molar-refractivity contribution >= 4 is 29.1 Å². The summed E-state index contributed by atoms with van der Waals surface area (Å²) in [6.07, 6.45) is 3.93. The molecule has 38 heavy (non-hydrogen) atoms. The number of phenols is 1. The lowest BCUT2D eigenvalue weighted by Crippen LogP contribution is -2.48. The number of carbonyl (C=O) groups excluding carboxylic acids is 2. The lowest BCUT2D eigenvalue weighted by Gasteiger charge is -2.43. The summed E-state index contributed by atoms with van der Waals surface area (Å²) in [5.41, 5.74) is 4.02. The molecule has 3 aromatic rings. The van der Waals surface area contributed by atoms with E-state index < -0.39 is 34.9 Å². The number of benzene rings is 3. The fraction of sp³-hybridized carbons (Fsp3) is 0.200. The highest BCUT2D eigenvalue weighted by molar-refractivity contribution is 6.30. The van der Waals surface area contributed by atoms with Gasteiger partial charge in [0, 0.05) is 10.9 Å². The SMILES string of the molecule is C=CC1=CC[C@H]2C(=O)N(Nc3ccc(F)cc3)C(=O)[C@@]2(c2ccc(Cl)cc2)[C@H]1c1ccc(O)c(OCC)c1. The monoisotopic (exact) mass is 532 g/mol. The summed E-state index contributed by atoms with van der Waals surface area (Å²) in [6, 6.07) is 17.3. The largest absolute Gasteiger partial charge is 0.504 e. The number of carbonyl (C=O) groups is 2. The Kier molecular flexibility index (Phi) is 6.71. The number of halogens is 2. The van der Waals surface area contributed by atoms with Crippen LogP contribution in [0.2, 0.25) is 5.02 Å². The summed E-state index contributed by atoms with van der Waals surface area (Å²) in [7, 11) is 0. The van der Waals surface area contributed by atoms with Gasteiger partial charge < -0.3 is 9.84 Å². The molecule has 5 rings (SSSR count). The summed E-state index contributed by atoms with van der Waals surface area (Å²) in [6.45, 7) is 6.15. The number of hydrazine groups is 1. The number of rotatable bonds is 7. The molecule has 1 fully saturated rings. The molecular weight excluding hydrogens is 507 g/mol. The van der Waals surface area contributed by atoms with Gasteiger partial charge in [-0.2, -0.15) is 5.01 Å². The van der Waals surface area contributed by atoms with E-state index in [1.54, 1.807) is 42.5 Å². The van der Waals surface area contributed by atoms with Crippen LogP contribution in [0.15, 0.2) is 91.0 Å². The van der Waals surface area contributed by atoms with Crippen molar-refractivity contribution in [1.82, 2.24) is 5.01 Å². The molecule has 8 heteroatoms. The van der Waals surface area contributed by atoms with Gasteiger partial charge in [-0.05, 0) is 78.6 Å². The second kappa shape index (κ2) is 9.99. The Hall–Kier alpha value is -4.10. The smallest absolute Gasteiger partial charge is 0.260 e. The fourth-order valence-electron chi connectivity index (χ4n) is 5.65. The van der Waals surface area contributed by atoms with E-state index in [4.69, 9.17) is 16.3 Å². The van der Waals surface area contributed by atoms with Gasteiger partial charge in [0.05, 0.1) is 23.6 Å². The van der Waals surface area contributed by atoms with Gasteiger partial charge in [-0.1, -0.05) is 48.5 Å². The summed E-state index contributed by atoms with van der Waals surface area (Å²) in [4.78, 5) is 28.4. The Morgan fingerprint density at radius 2 is 1.87 bits per heavy atom. The first-order valence-corrected chi connectivity index (χ1v) is 12.6. The van der Waals surface area contributed by atoms with Crippen molar-refractivity contribution in [3.63, 3.8) is 0 Å². The van der Waals surface area contributed by atoms with Crippen molar-refractivity contribution in [2.75, 3.05) is 12.0 Å². The van der Waals surface area contributed by atoms with E-state index in [9.17, 15) is 19.1 Å². The predicted octanol–water partition coefficient (Wildman–Crippen LogP) is 6.13. The average Bonchev–Trinajstić information content (AvgIpc) is 3.13. The van der Waals surface area contributed by atoms with Crippen molar-refractivity contribution in [2.45, 2.75) is 24.7 Å². The summed E-state index contributed by atoms with van der Waals surface area (Å²) >= 11 is 6.21. The summed E-state index contributed by atoms with van der Waals surface area (Å²) < 4.78 is 19.2. The van der Waals surface area contributed by atoms with E-state index in [1.807, 2.05) is 13.0 Å². The highest BCUT2D eigenvalue weighted by Gasteiger charge is 2.65. The van der Waals surface area contributed by atoms with Crippen LogP contribution in [0.3, 0.4) is 0 Å². The average molecular weight is 533 g/mol. The van der Waals surface area contributed by atoms with Gasteiger partial charge in [0.2, 0.25) is 0 Å². The molecule has 1 aliphatic heterocycles. The minimum atomic E-state index is -1.35. The van der Waals surface area contributed by atoms with Crippen molar-refractivity contribution in [3.05, 3.63) is 113 Å². The Balaban J connectivity index is 1.73. The van der Waals surface area contributed by atoms with Crippen LogP contribution in [0.1, 0.15) is 30.4 Å². The first-order chi connectivity index (χ1) is 18.3. The topological polar surface area (TPSA) is 78.9 Å². The van der Waals surface area contributed by atoms with Crippen molar-refractivity contribution in [3.8, 4) is 11.5 Å². The Morgan fingerprint density at radius 1 is 1.16 bits per heavy atom. The fourth-order valence-corrected chi connectivity index (χ4v) is 5.77. The maximum absolute atomic E-state index is 14.5. The molecule has 3 aromatic carbocycles.